The molecule has 42 heavy (non-hydrogen) atoms. The number of rotatable bonds is 4. The van der Waals surface area contributed by atoms with Crippen molar-refractivity contribution < 1.29 is 14.0 Å². The molecule has 0 spiro atoms. The molecule has 0 aliphatic heterocycles. The van der Waals surface area contributed by atoms with Crippen LogP contribution in [0.15, 0.2) is 152 Å². The second-order valence-corrected chi connectivity index (χ2v) is 11.0. The van der Waals surface area contributed by atoms with E-state index in [1.54, 1.807) is 21.3 Å². The summed E-state index contributed by atoms with van der Waals surface area (Å²) in [4.78, 5) is 0. The van der Waals surface area contributed by atoms with E-state index in [4.69, 9.17) is 16.3 Å². The van der Waals surface area contributed by atoms with Gasteiger partial charge in [0, 0.05) is 35.2 Å². The highest BCUT2D eigenvalue weighted by molar-refractivity contribution is 9.08. The van der Waals surface area contributed by atoms with Gasteiger partial charge in [0.05, 0.1) is 7.11 Å². The molecular weight excluding hydrogens is 627 g/mol. The fourth-order valence-corrected chi connectivity index (χ4v) is 6.15. The summed E-state index contributed by atoms with van der Waals surface area (Å²) < 4.78 is 23.0. The highest BCUT2D eigenvalue weighted by Gasteiger charge is 2.28. The molecule has 6 heteroatoms. The Balaban J connectivity index is 0.000000630. The van der Waals surface area contributed by atoms with Crippen molar-refractivity contribution in [3.8, 4) is 5.75 Å². The second kappa shape index (κ2) is 25.6. The van der Waals surface area contributed by atoms with Crippen LogP contribution in [0.4, 0.5) is 0 Å². The Bertz CT molecular complexity index is 1210. The topological polar surface area (TPSA) is 35.5 Å². The predicted molar refractivity (Wildman–Crippen MR) is 189 cm³/mol. The molecule has 0 aliphatic carbocycles. The van der Waals surface area contributed by atoms with E-state index in [1.807, 2.05) is 171 Å². The van der Waals surface area contributed by atoms with E-state index < -0.39 is 7.14 Å². The molecular formula is C36H43BrClO3P. The quantitative estimate of drug-likeness (QED) is 0.141. The highest BCUT2D eigenvalue weighted by Crippen LogP contribution is 2.41. The Hall–Kier alpha value is -3.14. The molecule has 5 rings (SSSR count). The van der Waals surface area contributed by atoms with E-state index in [2.05, 4.69) is 20.7 Å². The Morgan fingerprint density at radius 3 is 0.929 bits per heavy atom. The number of para-hydroxylation sites is 1. The van der Waals surface area contributed by atoms with Crippen LogP contribution in [-0.4, -0.2) is 27.2 Å². The lowest BCUT2D eigenvalue weighted by atomic mass is 10.3. The number of hydrogen-bond donors (Lipinski definition) is 0. The molecule has 224 valence electrons. The lowest BCUT2D eigenvalue weighted by Crippen LogP contribution is -2.24. The first-order valence-electron chi connectivity index (χ1n) is 13.4. The van der Waals surface area contributed by atoms with Gasteiger partial charge >= 0.3 is 0 Å². The number of ether oxygens (including phenoxy) is 2. The van der Waals surface area contributed by atoms with Crippen LogP contribution in [0.1, 0.15) is 13.8 Å². The van der Waals surface area contributed by atoms with Gasteiger partial charge in [-0.05, 0) is 30.1 Å². The van der Waals surface area contributed by atoms with Crippen LogP contribution < -0.4 is 20.7 Å². The van der Waals surface area contributed by atoms with Gasteiger partial charge in [-0.25, -0.2) is 0 Å². The molecule has 0 aliphatic rings. The molecule has 5 aromatic rings. The van der Waals surface area contributed by atoms with E-state index in [9.17, 15) is 4.57 Å². The van der Waals surface area contributed by atoms with E-state index in [0.29, 0.717) is 0 Å². The van der Waals surface area contributed by atoms with Gasteiger partial charge < -0.3 is 14.0 Å². The van der Waals surface area contributed by atoms with Gasteiger partial charge in [-0.15, -0.1) is 0 Å². The summed E-state index contributed by atoms with van der Waals surface area (Å²) in [5.41, 5.74) is 0. The molecule has 0 fully saturated rings. The van der Waals surface area contributed by atoms with Crippen LogP contribution in [0.2, 0.25) is 5.02 Å². The van der Waals surface area contributed by atoms with Crippen molar-refractivity contribution >= 4 is 50.6 Å². The van der Waals surface area contributed by atoms with Crippen molar-refractivity contribution in [2.24, 2.45) is 0 Å². The van der Waals surface area contributed by atoms with Crippen LogP contribution in [-0.2, 0) is 9.30 Å². The second-order valence-electron chi connectivity index (χ2n) is 7.84. The SMILES string of the molecule is CBr.CC.COC.COc1ccccc1.Clc1ccccc1.O=P(c1ccccc1)(c1ccccc1)c1ccccc1. The summed E-state index contributed by atoms with van der Waals surface area (Å²) in [7, 11) is 2.14. The number of alkyl halides is 1. The minimum absolute atomic E-state index is 0.794. The van der Waals surface area contributed by atoms with E-state index in [0.717, 1.165) is 26.7 Å². The Kier molecular flexibility index (Phi) is 23.6. The minimum atomic E-state index is -2.78. The molecule has 0 amide bonds. The normalized spacial score (nSPS) is 9.14. The summed E-state index contributed by atoms with van der Waals surface area (Å²) in [6.07, 6.45) is 0. The predicted octanol–water partition coefficient (Wildman–Crippen LogP) is 9.66. The fourth-order valence-electron chi connectivity index (χ4n) is 3.33. The molecule has 5 aromatic carbocycles. The minimum Gasteiger partial charge on any atom is -0.497 e. The van der Waals surface area contributed by atoms with Gasteiger partial charge in [-0.2, -0.15) is 0 Å². The van der Waals surface area contributed by atoms with Gasteiger partial charge in [0.2, 0.25) is 0 Å². The number of methoxy groups -OCH3 is 2. The summed E-state index contributed by atoms with van der Waals surface area (Å²) in [5, 5.41) is 3.41. The number of benzene rings is 5. The van der Waals surface area contributed by atoms with Crippen LogP contribution >= 0.6 is 34.7 Å². The largest absolute Gasteiger partial charge is 0.497 e. The highest BCUT2D eigenvalue weighted by atomic mass is 79.9. The zero-order valence-electron chi connectivity index (χ0n) is 25.4. The van der Waals surface area contributed by atoms with Gasteiger partial charge in [0.1, 0.15) is 5.75 Å². The Morgan fingerprint density at radius 1 is 0.500 bits per heavy atom. The van der Waals surface area contributed by atoms with Crippen molar-refractivity contribution in [3.63, 3.8) is 0 Å². The van der Waals surface area contributed by atoms with E-state index in [-0.39, 0.29) is 0 Å². The maximum atomic E-state index is 13.8. The van der Waals surface area contributed by atoms with Crippen molar-refractivity contribution in [2.75, 3.05) is 27.2 Å². The third-order valence-electron chi connectivity index (χ3n) is 5.07. The Morgan fingerprint density at radius 2 is 0.738 bits per heavy atom. The first kappa shape index (κ1) is 38.9. The monoisotopic (exact) mass is 668 g/mol. The standard InChI is InChI=1S/C18H15OP.C7H8O.C6H5Cl.C2H6O.C2H6.CH3Br/c19-20(16-10-4-1-5-11-16,17-12-6-2-7-13-17)18-14-8-3-9-15-18;1-8-7-5-3-2-4-6-7;7-6-4-2-1-3-5-6;1-3-2;2*1-2/h1-15H;2-6H,1H3;1-5H;1-2H3;1-2H3;1H3. The van der Waals surface area contributed by atoms with Crippen LogP contribution in [0.5, 0.6) is 5.75 Å². The molecule has 0 radical (unpaired) electrons. The fraction of sp³-hybridized carbons (Fsp3) is 0.167. The van der Waals surface area contributed by atoms with Crippen LogP contribution in [0.25, 0.3) is 0 Å². The van der Waals surface area contributed by atoms with Crippen molar-refractivity contribution in [1.29, 1.82) is 0 Å². The summed E-state index contributed by atoms with van der Waals surface area (Å²) in [6, 6.07) is 48.3. The molecule has 0 saturated heterocycles. The number of halogens is 2. The van der Waals surface area contributed by atoms with E-state index in [1.165, 1.54) is 0 Å². The molecule has 0 unspecified atom stereocenters. The lowest BCUT2D eigenvalue weighted by molar-refractivity contribution is 0.277. The van der Waals surface area contributed by atoms with Crippen molar-refractivity contribution in [3.05, 3.63) is 157 Å². The van der Waals surface area contributed by atoms with Gasteiger partial charge in [0.25, 0.3) is 0 Å². The van der Waals surface area contributed by atoms with Crippen molar-refractivity contribution in [1.82, 2.24) is 0 Å². The molecule has 3 nitrogen and oxygen atoms in total. The van der Waals surface area contributed by atoms with Gasteiger partial charge in [-0.3, -0.25) is 0 Å². The smallest absolute Gasteiger partial charge is 0.171 e. The van der Waals surface area contributed by atoms with Crippen LogP contribution in [0.3, 0.4) is 0 Å². The third kappa shape index (κ3) is 14.7. The number of hydrogen-bond acceptors (Lipinski definition) is 3. The Labute approximate surface area is 267 Å². The molecule has 0 atom stereocenters. The van der Waals surface area contributed by atoms with Crippen LogP contribution in [0, 0.1) is 0 Å². The maximum Gasteiger partial charge on any atom is 0.171 e. The molecule has 0 heterocycles. The van der Waals surface area contributed by atoms with Gasteiger partial charge in [0.15, 0.2) is 7.14 Å². The third-order valence-corrected chi connectivity index (χ3v) is 8.40. The average molecular weight is 670 g/mol. The summed E-state index contributed by atoms with van der Waals surface area (Å²) >= 11 is 8.48. The van der Waals surface area contributed by atoms with E-state index >= 15 is 0 Å². The maximum absolute atomic E-state index is 13.8. The summed E-state index contributed by atoms with van der Waals surface area (Å²) in [6.45, 7) is 4.00. The first-order valence-corrected chi connectivity index (χ1v) is 17.1. The summed E-state index contributed by atoms with van der Waals surface area (Å²) in [5.74, 6) is 2.72. The molecule has 0 saturated carbocycles. The molecule has 0 aromatic heterocycles. The van der Waals surface area contributed by atoms with Gasteiger partial charge in [-0.1, -0.05) is 169 Å². The zero-order valence-corrected chi connectivity index (χ0v) is 28.6. The lowest BCUT2D eigenvalue weighted by Gasteiger charge is -2.19. The molecule has 0 N–H and O–H groups in total. The first-order chi connectivity index (χ1) is 20.6. The van der Waals surface area contributed by atoms with Crippen molar-refractivity contribution in [2.45, 2.75) is 13.8 Å². The zero-order chi connectivity index (χ0) is 31.5. The average Bonchev–Trinajstić information content (AvgIpc) is 3.09. The molecule has 0 bridgehead atoms.